The Morgan fingerprint density at radius 3 is 1.49 bits per heavy atom. The quantitative estimate of drug-likeness (QED) is 0.331. The van der Waals surface area contributed by atoms with E-state index in [1.165, 1.54) is 11.1 Å². The Hall–Kier alpha value is -3.39. The smallest absolute Gasteiger partial charge is 0.410 e. The van der Waals surface area contributed by atoms with Crippen LogP contribution in [0.3, 0.4) is 0 Å². The molecule has 8 heteroatoms. The third-order valence-electron chi connectivity index (χ3n) is 7.92. The molecule has 0 saturated carbocycles. The second-order valence-corrected chi connectivity index (χ2v) is 13.3. The molecule has 0 aromatic heterocycles. The predicted octanol–water partition coefficient (Wildman–Crippen LogP) is 7.14. The molecule has 2 fully saturated rings. The highest BCUT2D eigenvalue weighted by atomic mass is 16.6. The van der Waals surface area contributed by atoms with Crippen LogP contribution in [0.15, 0.2) is 48.5 Å². The zero-order valence-corrected chi connectivity index (χ0v) is 27.2. The van der Waals surface area contributed by atoms with Gasteiger partial charge in [0, 0.05) is 36.3 Å². The first-order valence-corrected chi connectivity index (χ1v) is 15.8. The molecule has 2 aliphatic heterocycles. The van der Waals surface area contributed by atoms with Gasteiger partial charge in [0.2, 0.25) is 11.8 Å². The monoisotopic (exact) mass is 592 g/mol. The first-order chi connectivity index (χ1) is 20.3. The Kier molecular flexibility index (Phi) is 12.6. The van der Waals surface area contributed by atoms with Crippen molar-refractivity contribution in [3.63, 3.8) is 0 Å². The number of nitrogens with zero attached hydrogens (tertiary/aromatic N) is 1. The van der Waals surface area contributed by atoms with E-state index in [9.17, 15) is 14.4 Å². The van der Waals surface area contributed by atoms with E-state index in [0.29, 0.717) is 37.8 Å². The first kappa shape index (κ1) is 34.1. The van der Waals surface area contributed by atoms with Crippen molar-refractivity contribution in [2.24, 2.45) is 11.8 Å². The summed E-state index contributed by atoms with van der Waals surface area (Å²) in [6.45, 7) is 17.2. The maximum Gasteiger partial charge on any atom is 0.410 e. The summed E-state index contributed by atoms with van der Waals surface area (Å²) in [7, 11) is 0. The molecule has 0 unspecified atom stereocenters. The molecular formula is C35H52N4O4. The van der Waals surface area contributed by atoms with Crippen molar-refractivity contribution in [1.29, 1.82) is 0 Å². The number of hydrogen-bond acceptors (Lipinski definition) is 5. The number of rotatable bonds is 6. The van der Waals surface area contributed by atoms with Crippen LogP contribution in [0.2, 0.25) is 0 Å². The largest absolute Gasteiger partial charge is 0.444 e. The summed E-state index contributed by atoms with van der Waals surface area (Å²) in [6.07, 6.45) is 2.91. The molecule has 236 valence electrons. The van der Waals surface area contributed by atoms with Gasteiger partial charge in [-0.3, -0.25) is 9.59 Å². The Bertz CT molecular complexity index is 1170. The van der Waals surface area contributed by atoms with Gasteiger partial charge in [-0.15, -0.1) is 0 Å². The topological polar surface area (TPSA) is 99.8 Å². The Balaban J connectivity index is 0.000000248. The second kappa shape index (κ2) is 15.9. The normalized spacial score (nSPS) is 16.3. The Morgan fingerprint density at radius 1 is 0.721 bits per heavy atom. The van der Waals surface area contributed by atoms with E-state index in [2.05, 4.69) is 55.8 Å². The molecule has 2 saturated heterocycles. The Morgan fingerprint density at radius 2 is 1.12 bits per heavy atom. The molecule has 2 aliphatic rings. The summed E-state index contributed by atoms with van der Waals surface area (Å²) in [5.74, 6) is 1.29. The van der Waals surface area contributed by atoms with Crippen molar-refractivity contribution in [3.05, 3.63) is 59.7 Å². The maximum absolute atomic E-state index is 12.4. The number of ether oxygens (including phenoxy) is 1. The van der Waals surface area contributed by atoms with E-state index in [1.807, 2.05) is 57.2 Å². The zero-order chi connectivity index (χ0) is 31.6. The van der Waals surface area contributed by atoms with Crippen molar-refractivity contribution < 1.29 is 19.1 Å². The van der Waals surface area contributed by atoms with Crippen molar-refractivity contribution in [1.82, 2.24) is 10.2 Å². The Labute approximate surface area is 258 Å². The van der Waals surface area contributed by atoms with Crippen molar-refractivity contribution in [2.75, 3.05) is 36.8 Å². The summed E-state index contributed by atoms with van der Waals surface area (Å²) >= 11 is 0. The van der Waals surface area contributed by atoms with E-state index < -0.39 is 5.60 Å². The molecule has 0 aliphatic carbocycles. The van der Waals surface area contributed by atoms with Gasteiger partial charge in [-0.2, -0.15) is 0 Å². The predicted molar refractivity (Wildman–Crippen MR) is 174 cm³/mol. The first-order valence-electron chi connectivity index (χ1n) is 15.8. The number of nitrogens with one attached hydrogen (secondary N) is 3. The zero-order valence-electron chi connectivity index (χ0n) is 27.2. The fraction of sp³-hybridized carbons (Fsp3) is 0.571. The minimum absolute atomic E-state index is 0.0288. The molecule has 43 heavy (non-hydrogen) atoms. The fourth-order valence-electron chi connectivity index (χ4n) is 5.13. The molecule has 0 radical (unpaired) electrons. The molecule has 2 aromatic carbocycles. The molecular weight excluding hydrogens is 540 g/mol. The number of piperidine rings is 2. The van der Waals surface area contributed by atoms with Gasteiger partial charge in [0.1, 0.15) is 5.60 Å². The number of carbonyl (C=O) groups is 3. The van der Waals surface area contributed by atoms with Crippen LogP contribution >= 0.6 is 0 Å². The second-order valence-electron chi connectivity index (χ2n) is 13.3. The molecule has 3 N–H and O–H groups in total. The van der Waals surface area contributed by atoms with Gasteiger partial charge in [0.15, 0.2) is 0 Å². The SMILES string of the molecule is CC(C)c1ccc(NC(=O)C2CCN(C(=O)OC(C)(C)C)CC2)cc1.CC(C)c1ccc(NC(=O)C2CCNCC2)cc1. The number of carbonyl (C=O) groups excluding carboxylic acids is 3. The minimum atomic E-state index is -0.493. The van der Waals surface area contributed by atoms with E-state index in [0.717, 1.165) is 37.3 Å². The highest BCUT2D eigenvalue weighted by molar-refractivity contribution is 5.93. The maximum atomic E-state index is 12.4. The fourth-order valence-corrected chi connectivity index (χ4v) is 5.13. The third-order valence-corrected chi connectivity index (χ3v) is 7.92. The molecule has 3 amide bonds. The van der Waals surface area contributed by atoms with Crippen LogP contribution in [0.5, 0.6) is 0 Å². The van der Waals surface area contributed by atoms with Gasteiger partial charge in [-0.25, -0.2) is 4.79 Å². The van der Waals surface area contributed by atoms with Gasteiger partial charge >= 0.3 is 6.09 Å². The third kappa shape index (κ3) is 11.3. The van der Waals surface area contributed by atoms with Crippen LogP contribution in [-0.4, -0.2) is 54.6 Å². The van der Waals surface area contributed by atoms with Crippen LogP contribution in [0, 0.1) is 11.8 Å². The summed E-state index contributed by atoms with van der Waals surface area (Å²) in [5, 5.41) is 9.27. The summed E-state index contributed by atoms with van der Waals surface area (Å²) in [6, 6.07) is 16.1. The molecule has 0 spiro atoms. The molecule has 2 heterocycles. The number of anilines is 2. The van der Waals surface area contributed by atoms with E-state index in [4.69, 9.17) is 4.74 Å². The lowest BCUT2D eigenvalue weighted by Gasteiger charge is -2.32. The molecule has 0 bridgehead atoms. The lowest BCUT2D eigenvalue weighted by molar-refractivity contribution is -0.121. The van der Waals surface area contributed by atoms with Crippen molar-refractivity contribution >= 4 is 29.3 Å². The van der Waals surface area contributed by atoms with Crippen molar-refractivity contribution in [3.8, 4) is 0 Å². The molecule has 0 atom stereocenters. The van der Waals surface area contributed by atoms with Crippen LogP contribution in [0.25, 0.3) is 0 Å². The highest BCUT2D eigenvalue weighted by Gasteiger charge is 2.30. The number of benzene rings is 2. The van der Waals surface area contributed by atoms with Gasteiger partial charge < -0.3 is 25.6 Å². The summed E-state index contributed by atoms with van der Waals surface area (Å²) < 4.78 is 5.39. The van der Waals surface area contributed by atoms with Crippen LogP contribution in [0.1, 0.15) is 97.1 Å². The average molecular weight is 593 g/mol. The molecule has 8 nitrogen and oxygen atoms in total. The van der Waals surface area contributed by atoms with Crippen LogP contribution < -0.4 is 16.0 Å². The van der Waals surface area contributed by atoms with Crippen LogP contribution in [-0.2, 0) is 14.3 Å². The standard InChI is InChI=1S/C20H30N2O3.C15H22N2O/c1-14(2)15-6-8-17(9-7-15)21-18(23)16-10-12-22(13-11-16)19(24)25-20(3,4)5;1-11(2)12-3-5-14(6-4-12)17-15(18)13-7-9-16-10-8-13/h6-9,14,16H,10-13H2,1-5H3,(H,21,23);3-6,11,13,16H,7-10H2,1-2H3,(H,17,18). The van der Waals surface area contributed by atoms with Crippen LogP contribution in [0.4, 0.5) is 16.2 Å². The van der Waals surface area contributed by atoms with Gasteiger partial charge in [-0.1, -0.05) is 52.0 Å². The molecule has 4 rings (SSSR count). The summed E-state index contributed by atoms with van der Waals surface area (Å²) in [4.78, 5) is 38.3. The number of amides is 3. The van der Waals surface area contributed by atoms with Crippen molar-refractivity contribution in [2.45, 2.75) is 91.6 Å². The lowest BCUT2D eigenvalue weighted by atomic mass is 9.96. The van der Waals surface area contributed by atoms with Gasteiger partial charge in [0.05, 0.1) is 0 Å². The minimum Gasteiger partial charge on any atom is -0.444 e. The van der Waals surface area contributed by atoms with Gasteiger partial charge in [0.25, 0.3) is 0 Å². The van der Waals surface area contributed by atoms with Gasteiger partial charge in [-0.05, 0) is 107 Å². The van der Waals surface area contributed by atoms with E-state index >= 15 is 0 Å². The summed E-state index contributed by atoms with van der Waals surface area (Å²) in [5.41, 5.74) is 3.79. The van der Waals surface area contributed by atoms with E-state index in [-0.39, 0.29) is 29.7 Å². The number of hydrogen-bond donors (Lipinski definition) is 3. The average Bonchev–Trinajstić information content (AvgIpc) is 2.97. The number of likely N-dealkylation sites (tertiary alicyclic amines) is 1. The van der Waals surface area contributed by atoms with E-state index in [1.54, 1.807) is 4.90 Å². The lowest BCUT2D eigenvalue weighted by Crippen LogP contribution is -2.43. The molecule has 2 aromatic rings. The highest BCUT2D eigenvalue weighted by Crippen LogP contribution is 2.23.